The smallest absolute Gasteiger partial charge is 0.0494 e. The molecular weight excluding hydrogens is 314 g/mol. The Hall–Kier alpha value is -2.51. The zero-order chi connectivity index (χ0) is 16.7. The molecule has 0 atom stereocenters. The molecule has 118 valence electrons. The molecule has 24 heavy (non-hydrogen) atoms. The first kappa shape index (κ1) is 15.0. The van der Waals surface area contributed by atoms with Gasteiger partial charge < -0.3 is 4.40 Å². The number of nitrogens with zero attached hydrogens (tertiary/aromatic N) is 1. The van der Waals surface area contributed by atoms with E-state index < -0.39 is 0 Å². The molecule has 0 radical (unpaired) electrons. The van der Waals surface area contributed by atoms with E-state index in [0.29, 0.717) is 0 Å². The van der Waals surface area contributed by atoms with E-state index in [1.165, 1.54) is 39.0 Å². The van der Waals surface area contributed by atoms with Crippen molar-refractivity contribution in [3.8, 4) is 22.3 Å². The van der Waals surface area contributed by atoms with Gasteiger partial charge in [-0.2, -0.15) is 0 Å². The third kappa shape index (κ3) is 2.42. The van der Waals surface area contributed by atoms with Crippen LogP contribution in [0.3, 0.4) is 0 Å². The van der Waals surface area contributed by atoms with Crippen molar-refractivity contribution in [2.24, 2.45) is 0 Å². The molecule has 2 heteroatoms. The van der Waals surface area contributed by atoms with Crippen molar-refractivity contribution >= 4 is 17.1 Å². The number of aryl methyl sites for hydroxylation is 2. The monoisotopic (exact) mass is 331 g/mol. The van der Waals surface area contributed by atoms with Crippen LogP contribution in [0.4, 0.5) is 0 Å². The van der Waals surface area contributed by atoms with E-state index >= 15 is 0 Å². The summed E-state index contributed by atoms with van der Waals surface area (Å²) in [4.78, 5) is 0. The summed E-state index contributed by atoms with van der Waals surface area (Å²) in [5, 5.41) is 0.768. The van der Waals surface area contributed by atoms with Crippen molar-refractivity contribution < 1.29 is 0 Å². The summed E-state index contributed by atoms with van der Waals surface area (Å²) < 4.78 is 2.27. The van der Waals surface area contributed by atoms with Crippen LogP contribution < -0.4 is 0 Å². The maximum absolute atomic E-state index is 6.04. The van der Waals surface area contributed by atoms with E-state index in [2.05, 4.69) is 73.0 Å². The number of benzene rings is 2. The van der Waals surface area contributed by atoms with Gasteiger partial charge in [0.2, 0.25) is 0 Å². The Morgan fingerprint density at radius 3 is 2.17 bits per heavy atom. The van der Waals surface area contributed by atoms with E-state index in [1.54, 1.807) is 0 Å². The molecule has 0 N–H and O–H groups in total. The van der Waals surface area contributed by atoms with Crippen molar-refractivity contribution in [1.82, 2.24) is 4.40 Å². The number of halogens is 1. The molecule has 0 unspecified atom stereocenters. The Balaban J connectivity index is 1.93. The molecule has 0 amide bonds. The van der Waals surface area contributed by atoms with Crippen LogP contribution >= 0.6 is 11.6 Å². The Labute approximate surface area is 147 Å². The number of pyridine rings is 1. The molecule has 4 aromatic rings. The molecule has 0 aliphatic carbocycles. The molecule has 4 rings (SSSR count). The molecule has 0 aliphatic heterocycles. The molecule has 0 fully saturated rings. The van der Waals surface area contributed by atoms with E-state index in [-0.39, 0.29) is 0 Å². The van der Waals surface area contributed by atoms with Gasteiger partial charge >= 0.3 is 0 Å². The van der Waals surface area contributed by atoms with Gasteiger partial charge in [0.1, 0.15) is 0 Å². The summed E-state index contributed by atoms with van der Waals surface area (Å²) >= 11 is 6.04. The molecular formula is C22H18ClN. The van der Waals surface area contributed by atoms with Crippen LogP contribution in [-0.2, 0) is 0 Å². The quantitative estimate of drug-likeness (QED) is 0.392. The molecule has 0 aliphatic rings. The molecule has 1 nitrogen and oxygen atoms in total. The molecule has 2 heterocycles. The van der Waals surface area contributed by atoms with Crippen LogP contribution in [-0.4, -0.2) is 4.40 Å². The van der Waals surface area contributed by atoms with Gasteiger partial charge in [-0.3, -0.25) is 0 Å². The predicted octanol–water partition coefficient (Wildman–Crippen LogP) is 6.54. The van der Waals surface area contributed by atoms with E-state index in [0.717, 1.165) is 5.02 Å². The topological polar surface area (TPSA) is 4.41 Å². The van der Waals surface area contributed by atoms with Crippen LogP contribution in [0, 0.1) is 13.8 Å². The largest absolute Gasteiger partial charge is 0.320 e. The van der Waals surface area contributed by atoms with Gasteiger partial charge in [0.15, 0.2) is 0 Å². The lowest BCUT2D eigenvalue weighted by Crippen LogP contribution is -1.88. The van der Waals surface area contributed by atoms with Crippen LogP contribution in [0.2, 0.25) is 5.02 Å². The van der Waals surface area contributed by atoms with Gasteiger partial charge in [-0.25, -0.2) is 0 Å². The summed E-state index contributed by atoms with van der Waals surface area (Å²) in [6, 6.07) is 23.0. The summed E-state index contributed by atoms with van der Waals surface area (Å²) in [7, 11) is 0. The molecule has 2 aromatic heterocycles. The third-order valence-corrected chi connectivity index (χ3v) is 4.93. The summed E-state index contributed by atoms with van der Waals surface area (Å²) in [6.45, 7) is 4.37. The van der Waals surface area contributed by atoms with Crippen molar-refractivity contribution in [3.63, 3.8) is 0 Å². The number of hydrogen-bond acceptors (Lipinski definition) is 0. The van der Waals surface area contributed by atoms with E-state index in [9.17, 15) is 0 Å². The van der Waals surface area contributed by atoms with Crippen LogP contribution in [0.15, 0.2) is 72.9 Å². The Kier molecular flexibility index (Phi) is 3.66. The lowest BCUT2D eigenvalue weighted by atomic mass is 10.0. The average molecular weight is 332 g/mol. The van der Waals surface area contributed by atoms with Crippen molar-refractivity contribution in [2.75, 3.05) is 0 Å². The number of hydrogen-bond donors (Lipinski definition) is 0. The maximum atomic E-state index is 6.04. The second-order valence-electron chi connectivity index (χ2n) is 6.13. The van der Waals surface area contributed by atoms with Gasteiger partial charge in [0.25, 0.3) is 0 Å². The minimum absolute atomic E-state index is 0.768. The Morgan fingerprint density at radius 1 is 0.750 bits per heavy atom. The fourth-order valence-corrected chi connectivity index (χ4v) is 3.58. The van der Waals surface area contributed by atoms with E-state index in [4.69, 9.17) is 11.6 Å². The first-order valence-electron chi connectivity index (χ1n) is 8.08. The highest BCUT2D eigenvalue weighted by atomic mass is 35.5. The molecule has 0 bridgehead atoms. The summed E-state index contributed by atoms with van der Waals surface area (Å²) in [5.41, 5.74) is 8.78. The number of aromatic nitrogens is 1. The van der Waals surface area contributed by atoms with Crippen molar-refractivity contribution in [3.05, 3.63) is 89.2 Å². The maximum Gasteiger partial charge on any atom is 0.0494 e. The lowest BCUT2D eigenvalue weighted by molar-refractivity contribution is 1.11. The molecule has 0 saturated heterocycles. The zero-order valence-corrected chi connectivity index (χ0v) is 14.5. The van der Waals surface area contributed by atoms with Gasteiger partial charge in [0, 0.05) is 28.0 Å². The highest BCUT2D eigenvalue weighted by Crippen LogP contribution is 2.34. The predicted molar refractivity (Wildman–Crippen MR) is 103 cm³/mol. The minimum atomic E-state index is 0.768. The number of rotatable bonds is 2. The lowest BCUT2D eigenvalue weighted by Gasteiger charge is -2.04. The Morgan fingerprint density at radius 2 is 1.46 bits per heavy atom. The van der Waals surface area contributed by atoms with Crippen LogP contribution in [0.1, 0.15) is 11.3 Å². The zero-order valence-electron chi connectivity index (χ0n) is 13.8. The van der Waals surface area contributed by atoms with Gasteiger partial charge in [-0.15, -0.1) is 0 Å². The SMILES string of the molecule is Cc1c(-c2ccc(Cl)cc2)c(C)n2ccc(-c3ccccc3)cc12. The van der Waals surface area contributed by atoms with Gasteiger partial charge in [-0.1, -0.05) is 54.1 Å². The standard InChI is InChI=1S/C22H18ClN/c1-15-21-14-19(17-6-4-3-5-7-17)12-13-24(21)16(2)22(15)18-8-10-20(23)11-9-18/h3-14H,1-2H3. The van der Waals surface area contributed by atoms with Gasteiger partial charge in [-0.05, 0) is 60.4 Å². The Bertz CT molecular complexity index is 1010. The third-order valence-electron chi connectivity index (χ3n) is 4.68. The molecule has 0 spiro atoms. The molecule has 2 aromatic carbocycles. The molecule has 0 saturated carbocycles. The van der Waals surface area contributed by atoms with Gasteiger partial charge in [0.05, 0.1) is 0 Å². The fraction of sp³-hybridized carbons (Fsp3) is 0.0909. The van der Waals surface area contributed by atoms with Crippen molar-refractivity contribution in [1.29, 1.82) is 0 Å². The van der Waals surface area contributed by atoms with E-state index in [1.807, 2.05) is 18.2 Å². The fourth-order valence-electron chi connectivity index (χ4n) is 3.45. The highest BCUT2D eigenvalue weighted by molar-refractivity contribution is 6.30. The second kappa shape index (κ2) is 5.85. The minimum Gasteiger partial charge on any atom is -0.320 e. The highest BCUT2D eigenvalue weighted by Gasteiger charge is 2.14. The summed E-state index contributed by atoms with van der Waals surface area (Å²) in [6.07, 6.45) is 2.17. The van der Waals surface area contributed by atoms with Crippen LogP contribution in [0.5, 0.6) is 0 Å². The summed E-state index contributed by atoms with van der Waals surface area (Å²) in [5.74, 6) is 0. The van der Waals surface area contributed by atoms with Crippen LogP contribution in [0.25, 0.3) is 27.8 Å². The first-order valence-corrected chi connectivity index (χ1v) is 8.45. The normalized spacial score (nSPS) is 11.1. The second-order valence-corrected chi connectivity index (χ2v) is 6.57. The van der Waals surface area contributed by atoms with Crippen molar-refractivity contribution in [2.45, 2.75) is 13.8 Å². The average Bonchev–Trinajstić information content (AvgIpc) is 2.87. The first-order chi connectivity index (χ1) is 11.6. The number of fused-ring (bicyclic) bond motifs is 1.